The van der Waals surface area contributed by atoms with Gasteiger partial charge in [0.1, 0.15) is 22.8 Å². The molecule has 1 saturated carbocycles. The Bertz CT molecular complexity index is 1260. The molecular formula is C22H25F2N7O3S. The largest absolute Gasteiger partial charge is 0.462 e. The molecule has 3 aromatic heterocycles. The Morgan fingerprint density at radius 2 is 2.11 bits per heavy atom. The van der Waals surface area contributed by atoms with E-state index in [1.165, 1.54) is 22.1 Å². The summed E-state index contributed by atoms with van der Waals surface area (Å²) in [5, 5.41) is 18.5. The third-order valence-electron chi connectivity index (χ3n) is 6.23. The van der Waals surface area contributed by atoms with Crippen LogP contribution in [0.25, 0.3) is 0 Å². The Hall–Kier alpha value is -3.35. The molecule has 1 amide bonds. The number of hydrogen-bond donors (Lipinski definition) is 2. The van der Waals surface area contributed by atoms with Gasteiger partial charge in [-0.3, -0.25) is 14.0 Å². The number of ether oxygens (including phenoxy) is 1. The SMILES string of the molecule is CCOC(=O)c1c(NC(=O)C2CC2)sc2c1C[C@@H](n1cnnc1Nc1cc(C(F)F)nn1C)CC2. The molecule has 2 aliphatic rings. The monoisotopic (exact) mass is 505 g/mol. The Morgan fingerprint density at radius 1 is 1.31 bits per heavy atom. The number of carbonyl (C=O) groups excluding carboxylic acids is 2. The summed E-state index contributed by atoms with van der Waals surface area (Å²) in [4.78, 5) is 26.3. The number of anilines is 3. The van der Waals surface area contributed by atoms with E-state index in [1.54, 1.807) is 20.3 Å². The molecule has 35 heavy (non-hydrogen) atoms. The molecule has 0 radical (unpaired) electrons. The molecule has 1 atom stereocenters. The van der Waals surface area contributed by atoms with Gasteiger partial charge in [-0.2, -0.15) is 5.10 Å². The number of nitrogens with one attached hydrogen (secondary N) is 2. The van der Waals surface area contributed by atoms with Crippen molar-refractivity contribution < 1.29 is 23.1 Å². The molecule has 1 fully saturated rings. The smallest absolute Gasteiger partial charge is 0.341 e. The van der Waals surface area contributed by atoms with Gasteiger partial charge in [-0.25, -0.2) is 13.6 Å². The summed E-state index contributed by atoms with van der Waals surface area (Å²) in [5.74, 6) is 0.250. The second-order valence-corrected chi connectivity index (χ2v) is 9.76. The molecule has 0 bridgehead atoms. The zero-order valence-electron chi connectivity index (χ0n) is 19.3. The lowest BCUT2D eigenvalue weighted by Gasteiger charge is -2.25. The van der Waals surface area contributed by atoms with E-state index in [1.807, 2.05) is 4.57 Å². The molecule has 2 N–H and O–H groups in total. The van der Waals surface area contributed by atoms with Crippen LogP contribution in [-0.2, 0) is 29.4 Å². The number of rotatable bonds is 8. The zero-order chi connectivity index (χ0) is 24.7. The highest BCUT2D eigenvalue weighted by atomic mass is 32.1. The highest BCUT2D eigenvalue weighted by Gasteiger charge is 2.35. The van der Waals surface area contributed by atoms with E-state index < -0.39 is 12.4 Å². The number of esters is 1. The van der Waals surface area contributed by atoms with Crippen molar-refractivity contribution in [3.05, 3.63) is 34.1 Å². The normalized spacial score (nSPS) is 17.3. The summed E-state index contributed by atoms with van der Waals surface area (Å²) in [6, 6.07) is 1.19. The highest BCUT2D eigenvalue weighted by Crippen LogP contribution is 2.43. The molecule has 0 spiro atoms. The molecule has 13 heteroatoms. The Morgan fingerprint density at radius 3 is 2.80 bits per heavy atom. The molecule has 0 unspecified atom stereocenters. The van der Waals surface area contributed by atoms with Gasteiger partial charge < -0.3 is 15.4 Å². The van der Waals surface area contributed by atoms with Gasteiger partial charge in [-0.15, -0.1) is 21.5 Å². The number of hydrogen-bond acceptors (Lipinski definition) is 8. The van der Waals surface area contributed by atoms with Gasteiger partial charge in [-0.1, -0.05) is 0 Å². The lowest BCUT2D eigenvalue weighted by Crippen LogP contribution is -2.21. The third kappa shape index (κ3) is 4.64. The van der Waals surface area contributed by atoms with Crippen molar-refractivity contribution >= 4 is 40.0 Å². The number of carbonyl (C=O) groups is 2. The maximum absolute atomic E-state index is 13.0. The number of alkyl halides is 2. The van der Waals surface area contributed by atoms with Crippen LogP contribution in [0, 0.1) is 5.92 Å². The third-order valence-corrected chi connectivity index (χ3v) is 7.44. The number of fused-ring (bicyclic) bond motifs is 1. The molecule has 2 aliphatic carbocycles. The Kier molecular flexibility index (Phi) is 6.26. The fraction of sp³-hybridized carbons (Fsp3) is 0.500. The number of halogens is 2. The van der Waals surface area contributed by atoms with Gasteiger partial charge in [0.25, 0.3) is 6.43 Å². The predicted octanol–water partition coefficient (Wildman–Crippen LogP) is 4.01. The van der Waals surface area contributed by atoms with Gasteiger partial charge >= 0.3 is 5.97 Å². The molecule has 0 aromatic carbocycles. The van der Waals surface area contributed by atoms with Crippen molar-refractivity contribution in [2.24, 2.45) is 13.0 Å². The average molecular weight is 506 g/mol. The summed E-state index contributed by atoms with van der Waals surface area (Å²) in [7, 11) is 1.57. The van der Waals surface area contributed by atoms with Crippen molar-refractivity contribution in [2.75, 3.05) is 17.2 Å². The van der Waals surface area contributed by atoms with Crippen LogP contribution in [0.3, 0.4) is 0 Å². The minimum Gasteiger partial charge on any atom is -0.462 e. The zero-order valence-corrected chi connectivity index (χ0v) is 20.1. The standard InChI is InChI=1S/C22H25F2N7O3S/c1-3-34-21(33)17-13-8-12(6-7-15(13)35-20(17)27-19(32)11-4-5-11)31-10-25-28-22(31)26-16-9-14(18(23)24)29-30(16)2/h9-12,18H,3-8H2,1-2H3,(H,26,28)(H,27,32)/t12-/m0/s1. The Labute approximate surface area is 203 Å². The van der Waals surface area contributed by atoms with Gasteiger partial charge in [0.05, 0.1) is 12.2 Å². The molecule has 5 rings (SSSR count). The van der Waals surface area contributed by atoms with E-state index in [4.69, 9.17) is 4.74 Å². The molecular weight excluding hydrogens is 480 g/mol. The van der Waals surface area contributed by atoms with Gasteiger partial charge in [0.2, 0.25) is 11.9 Å². The molecule has 10 nitrogen and oxygen atoms in total. The second-order valence-electron chi connectivity index (χ2n) is 8.65. The first-order valence-electron chi connectivity index (χ1n) is 11.5. The minimum absolute atomic E-state index is 0.0140. The molecule has 3 heterocycles. The van der Waals surface area contributed by atoms with Gasteiger partial charge in [-0.05, 0) is 44.6 Å². The van der Waals surface area contributed by atoms with E-state index in [9.17, 15) is 18.4 Å². The Balaban J connectivity index is 1.41. The second kappa shape index (κ2) is 9.36. The number of thiophene rings is 1. The average Bonchev–Trinajstić information content (AvgIpc) is 3.31. The predicted molar refractivity (Wildman–Crippen MR) is 124 cm³/mol. The van der Waals surface area contributed by atoms with Gasteiger partial charge in [0.15, 0.2) is 0 Å². The molecule has 0 saturated heterocycles. The van der Waals surface area contributed by atoms with Crippen molar-refractivity contribution in [3.63, 3.8) is 0 Å². The van der Waals surface area contributed by atoms with Crippen LogP contribution >= 0.6 is 11.3 Å². The minimum atomic E-state index is -2.68. The van der Waals surface area contributed by atoms with Crippen molar-refractivity contribution in [3.8, 4) is 0 Å². The van der Waals surface area contributed by atoms with Crippen molar-refractivity contribution in [1.29, 1.82) is 0 Å². The number of aromatic nitrogens is 5. The van der Waals surface area contributed by atoms with Crippen molar-refractivity contribution in [2.45, 2.75) is 51.5 Å². The van der Waals surface area contributed by atoms with E-state index in [0.29, 0.717) is 35.2 Å². The van der Waals surface area contributed by atoms with Crippen LogP contribution in [-0.4, -0.2) is 43.0 Å². The van der Waals surface area contributed by atoms with E-state index in [0.717, 1.165) is 29.7 Å². The van der Waals surface area contributed by atoms with Crippen LogP contribution in [0.5, 0.6) is 0 Å². The van der Waals surface area contributed by atoms with E-state index in [-0.39, 0.29) is 30.2 Å². The first-order valence-corrected chi connectivity index (χ1v) is 12.3. The molecule has 3 aromatic rings. The maximum atomic E-state index is 13.0. The topological polar surface area (TPSA) is 116 Å². The first-order chi connectivity index (χ1) is 16.9. The van der Waals surface area contributed by atoms with Crippen LogP contribution in [0.4, 0.5) is 25.5 Å². The fourth-order valence-electron chi connectivity index (χ4n) is 4.30. The summed E-state index contributed by atoms with van der Waals surface area (Å²) in [6.07, 6.45) is 2.61. The summed E-state index contributed by atoms with van der Waals surface area (Å²) >= 11 is 1.43. The lowest BCUT2D eigenvalue weighted by atomic mass is 9.91. The summed E-state index contributed by atoms with van der Waals surface area (Å²) in [6.45, 7) is 1.97. The summed E-state index contributed by atoms with van der Waals surface area (Å²) in [5.41, 5.74) is 0.943. The van der Waals surface area contributed by atoms with Gasteiger partial charge in [0, 0.05) is 30.0 Å². The van der Waals surface area contributed by atoms with Crippen LogP contribution < -0.4 is 10.6 Å². The van der Waals surface area contributed by atoms with Crippen LogP contribution in [0.1, 0.15) is 65.1 Å². The molecule has 0 aliphatic heterocycles. The quantitative estimate of drug-likeness (QED) is 0.445. The van der Waals surface area contributed by atoms with Crippen LogP contribution in [0.2, 0.25) is 0 Å². The van der Waals surface area contributed by atoms with Crippen molar-refractivity contribution in [1.82, 2.24) is 24.5 Å². The van der Waals surface area contributed by atoms with E-state index >= 15 is 0 Å². The number of aryl methyl sites for hydroxylation is 2. The number of nitrogens with zero attached hydrogens (tertiary/aromatic N) is 5. The lowest BCUT2D eigenvalue weighted by molar-refractivity contribution is -0.117. The molecule has 186 valence electrons. The van der Waals surface area contributed by atoms with E-state index in [2.05, 4.69) is 25.9 Å². The summed E-state index contributed by atoms with van der Waals surface area (Å²) < 4.78 is 34.6. The fourth-order valence-corrected chi connectivity index (χ4v) is 5.53. The number of amides is 1. The highest BCUT2D eigenvalue weighted by molar-refractivity contribution is 7.17. The van der Waals surface area contributed by atoms with Crippen LogP contribution in [0.15, 0.2) is 12.4 Å². The first kappa shape index (κ1) is 23.4. The maximum Gasteiger partial charge on any atom is 0.341 e.